The van der Waals surface area contributed by atoms with Gasteiger partial charge in [0.2, 0.25) is 17.5 Å². The van der Waals surface area contributed by atoms with Crippen molar-refractivity contribution in [2.75, 3.05) is 38.6 Å². The number of tetrazole rings is 1. The second kappa shape index (κ2) is 9.58. The van der Waals surface area contributed by atoms with Crippen LogP contribution < -0.4 is 0 Å². The number of aromatic nitrogens is 4. The van der Waals surface area contributed by atoms with Crippen LogP contribution in [-0.4, -0.2) is 151 Å². The average molecular weight is 489 g/mol. The molecule has 4 aliphatic heterocycles. The first-order valence-electron chi connectivity index (χ1n) is 9.91. The van der Waals surface area contributed by atoms with E-state index >= 15 is 0 Å². The van der Waals surface area contributed by atoms with E-state index in [-0.39, 0.29) is 65.8 Å². The molecule has 5 rings (SSSR count). The summed E-state index contributed by atoms with van der Waals surface area (Å²) in [6.45, 7) is 2.09. The van der Waals surface area contributed by atoms with Crippen LogP contribution in [0, 0.1) is 0 Å². The second-order valence-corrected chi connectivity index (χ2v) is 8.52. The average Bonchev–Trinajstić information content (AvgIpc) is 3.39. The van der Waals surface area contributed by atoms with Crippen molar-refractivity contribution in [3.63, 3.8) is 0 Å². The number of thioether (sulfide) groups is 1. The first kappa shape index (κ1) is 23.9. The number of morpholine rings is 1. The Morgan fingerprint density at radius 3 is 2.73 bits per heavy atom. The number of carboxylic acids is 1. The van der Waals surface area contributed by atoms with E-state index in [9.17, 15) is 24.3 Å². The van der Waals surface area contributed by atoms with Crippen molar-refractivity contribution >= 4 is 65.5 Å². The molecule has 5 heterocycles. The third kappa shape index (κ3) is 4.12. The number of carboxylic acid groups (broad SMARTS) is 1. The minimum absolute atomic E-state index is 0. The van der Waals surface area contributed by atoms with Gasteiger partial charge < -0.3 is 24.4 Å². The van der Waals surface area contributed by atoms with Crippen molar-refractivity contribution in [1.82, 2.24) is 34.9 Å². The zero-order valence-electron chi connectivity index (χ0n) is 16.7. The van der Waals surface area contributed by atoms with Crippen LogP contribution in [0.1, 0.15) is 0 Å². The molecule has 3 amide bonds. The predicted molar refractivity (Wildman–Crippen MR) is 110 cm³/mol. The number of carbonyl (C=O) groups excluding carboxylic acids is 3. The molecule has 172 valence electrons. The number of β-lactam (4-membered cyclic amide) rings is 1. The third-order valence-corrected chi connectivity index (χ3v) is 6.82. The van der Waals surface area contributed by atoms with E-state index in [2.05, 4.69) is 15.5 Å². The fourth-order valence-corrected chi connectivity index (χ4v) is 5.18. The van der Waals surface area contributed by atoms with E-state index < -0.39 is 30.1 Å². The van der Waals surface area contributed by atoms with E-state index in [1.165, 1.54) is 14.5 Å². The number of carbonyl (C=O) groups is 4. The van der Waals surface area contributed by atoms with Crippen LogP contribution in [0.15, 0.2) is 16.6 Å². The Kier molecular flexibility index (Phi) is 6.95. The van der Waals surface area contributed by atoms with Gasteiger partial charge in [0.1, 0.15) is 30.5 Å². The van der Waals surface area contributed by atoms with Crippen molar-refractivity contribution in [1.29, 1.82) is 0 Å². The number of rotatable bonds is 7. The van der Waals surface area contributed by atoms with Gasteiger partial charge in [0, 0.05) is 13.1 Å². The summed E-state index contributed by atoms with van der Waals surface area (Å²) < 4.78 is 12.5. The van der Waals surface area contributed by atoms with E-state index in [1.807, 2.05) is 0 Å². The van der Waals surface area contributed by atoms with Gasteiger partial charge in [-0.15, -0.1) is 5.10 Å². The minimum atomic E-state index is -1.29. The van der Waals surface area contributed by atoms with Crippen molar-refractivity contribution in [2.24, 2.45) is 0 Å². The van der Waals surface area contributed by atoms with Gasteiger partial charge in [0.25, 0.3) is 5.91 Å². The third-order valence-electron chi connectivity index (χ3n) is 5.86. The number of hydrogen-bond donors (Lipinski definition) is 1. The van der Waals surface area contributed by atoms with Gasteiger partial charge in [0.05, 0.1) is 25.5 Å². The van der Waals surface area contributed by atoms with Gasteiger partial charge in [-0.25, -0.2) is 9.48 Å². The van der Waals surface area contributed by atoms with Crippen molar-refractivity contribution in [3.05, 3.63) is 11.5 Å². The van der Waals surface area contributed by atoms with Gasteiger partial charge in [-0.1, -0.05) is 11.8 Å². The van der Waals surface area contributed by atoms with Crippen LogP contribution in [0.2, 0.25) is 0 Å². The van der Waals surface area contributed by atoms with Crippen LogP contribution in [-0.2, 0) is 35.2 Å². The van der Waals surface area contributed by atoms with E-state index in [4.69, 9.17) is 9.47 Å². The van der Waals surface area contributed by atoms with E-state index in [1.54, 1.807) is 4.90 Å². The molecule has 4 aliphatic rings. The van der Waals surface area contributed by atoms with Gasteiger partial charge in [-0.3, -0.25) is 19.3 Å². The Bertz CT molecular complexity index is 1010. The van der Waals surface area contributed by atoms with Crippen LogP contribution in [0.5, 0.6) is 0 Å². The van der Waals surface area contributed by atoms with Gasteiger partial charge >= 0.3 is 35.5 Å². The molecule has 16 heteroatoms. The van der Waals surface area contributed by atoms with Crippen LogP contribution in [0.25, 0.3) is 0 Å². The summed E-state index contributed by atoms with van der Waals surface area (Å²) in [4.78, 5) is 52.4. The standard InChI is InChI=1S/C17H19N7O7S.Na.H/c25-8-22-5-9-12-14(22)15(27)24(12)13(16(28)29)10(31-9)7-32-17-18-19-20-23(17)6-11(26)21-1-3-30-4-2-21;;/h8-9,12,14H,1-7H2,(H,28,29);;/t9-,12-,14+;;/m1../s1. The summed E-state index contributed by atoms with van der Waals surface area (Å²) in [5.74, 6) is -1.75. The Labute approximate surface area is 213 Å². The van der Waals surface area contributed by atoms with Crippen molar-refractivity contribution < 1.29 is 33.8 Å². The number of amides is 3. The molecule has 3 fully saturated rings. The second-order valence-electron chi connectivity index (χ2n) is 7.58. The van der Waals surface area contributed by atoms with Crippen LogP contribution >= 0.6 is 11.8 Å². The molecule has 3 atom stereocenters. The Hall–Kier alpha value is -2.20. The molecule has 0 unspecified atom stereocenters. The fraction of sp³-hybridized carbons (Fsp3) is 0.588. The number of aliphatic carboxylic acids is 1. The monoisotopic (exact) mass is 489 g/mol. The summed E-state index contributed by atoms with van der Waals surface area (Å²) in [5, 5.41) is 21.4. The molecule has 0 bridgehead atoms. The van der Waals surface area contributed by atoms with Gasteiger partial charge in [-0.05, 0) is 10.4 Å². The Morgan fingerprint density at radius 1 is 1.27 bits per heavy atom. The maximum absolute atomic E-state index is 12.5. The summed E-state index contributed by atoms with van der Waals surface area (Å²) in [6, 6.07) is -1.18. The molecule has 1 aromatic heterocycles. The molecule has 1 aromatic rings. The van der Waals surface area contributed by atoms with Gasteiger partial charge in [0.15, 0.2) is 5.70 Å². The predicted octanol–water partition coefficient (Wildman–Crippen LogP) is -3.28. The van der Waals surface area contributed by atoms with E-state index in [0.717, 1.165) is 11.8 Å². The molecule has 14 nitrogen and oxygen atoms in total. The topological polar surface area (TPSA) is 160 Å². The van der Waals surface area contributed by atoms with Crippen molar-refractivity contribution in [2.45, 2.75) is 29.9 Å². The van der Waals surface area contributed by atoms with E-state index in [0.29, 0.717) is 37.9 Å². The summed E-state index contributed by atoms with van der Waals surface area (Å²) in [7, 11) is 0. The zero-order valence-corrected chi connectivity index (χ0v) is 17.5. The molecule has 0 saturated carbocycles. The summed E-state index contributed by atoms with van der Waals surface area (Å²) >= 11 is 1.10. The number of nitrogens with zero attached hydrogens (tertiary/aromatic N) is 7. The van der Waals surface area contributed by atoms with Gasteiger partial charge in [-0.2, -0.15) is 0 Å². The molecule has 1 N–H and O–H groups in total. The molecule has 0 aliphatic carbocycles. The molecular weight excluding hydrogens is 469 g/mol. The first-order chi connectivity index (χ1) is 15.5. The Balaban J connectivity index is 0.00000259. The normalized spacial score (nSPS) is 25.8. The molecule has 3 saturated heterocycles. The molecule has 0 aromatic carbocycles. The quantitative estimate of drug-likeness (QED) is 0.177. The first-order valence-corrected chi connectivity index (χ1v) is 10.9. The fourth-order valence-electron chi connectivity index (χ4n) is 4.37. The SMILES string of the molecule is O=CN1C[C@H]2OC(CSc3nnnn3CC(=O)N3CCOCC3)=C(C(=O)O)N3C(=O)[C@@H]1[C@@H]23.[NaH]. The van der Waals surface area contributed by atoms with Crippen molar-refractivity contribution in [3.8, 4) is 0 Å². The summed E-state index contributed by atoms with van der Waals surface area (Å²) in [5.41, 5.74) is -0.240. The Morgan fingerprint density at radius 2 is 2.03 bits per heavy atom. The molecule has 33 heavy (non-hydrogen) atoms. The van der Waals surface area contributed by atoms with Crippen LogP contribution in [0.4, 0.5) is 0 Å². The number of ether oxygens (including phenoxy) is 2. The molecule has 0 radical (unpaired) electrons. The summed E-state index contributed by atoms with van der Waals surface area (Å²) in [6.07, 6.45) is 0.0799. The number of likely N-dealkylation sites (tertiary alicyclic amines) is 1. The molecular formula is C17H20N7NaO7S. The zero-order chi connectivity index (χ0) is 22.4. The number of hydrogen-bond acceptors (Lipinski definition) is 10. The van der Waals surface area contributed by atoms with Crippen LogP contribution in [0.3, 0.4) is 0 Å². The maximum atomic E-state index is 12.5. The molecule has 0 spiro atoms.